The van der Waals surface area contributed by atoms with Gasteiger partial charge in [0.05, 0.1) is 11.6 Å². The van der Waals surface area contributed by atoms with Crippen LogP contribution in [-0.2, 0) is 16.1 Å². The second kappa shape index (κ2) is 8.69. The van der Waals surface area contributed by atoms with Crippen molar-refractivity contribution >= 4 is 46.2 Å². The third-order valence-electron chi connectivity index (χ3n) is 6.37. The molecule has 33 heavy (non-hydrogen) atoms. The minimum atomic E-state index is -0.478. The van der Waals surface area contributed by atoms with Crippen molar-refractivity contribution in [2.24, 2.45) is 5.92 Å². The van der Waals surface area contributed by atoms with E-state index >= 15 is 0 Å². The Bertz CT molecular complexity index is 1290. The van der Waals surface area contributed by atoms with Gasteiger partial charge in [-0.3, -0.25) is 9.59 Å². The standard InChI is InChI=1S/C27H22Cl2N2O2/c1-16-25(27(33)30-26(20-14-24(20)32)19-10-5-6-12-22(19)28)18-11-7-13-23(29)21(18)15-31(16)17-8-3-2-4-9-17/h2-13,20,26H,14-15H2,1H3,(H,30,33)/t20?,26-/m1/s1. The number of benzene rings is 3. The molecule has 1 fully saturated rings. The van der Waals surface area contributed by atoms with Crippen molar-refractivity contribution in [3.8, 4) is 0 Å². The first kappa shape index (κ1) is 21.7. The molecule has 2 aliphatic rings. The smallest absolute Gasteiger partial charge is 0.254 e. The topological polar surface area (TPSA) is 49.4 Å². The normalized spacial score (nSPS) is 18.1. The summed E-state index contributed by atoms with van der Waals surface area (Å²) in [6, 6.07) is 22.4. The number of carbonyl (C=O) groups excluding carboxylic acids is 2. The second-order valence-corrected chi connectivity index (χ2v) is 9.21. The van der Waals surface area contributed by atoms with E-state index in [1.54, 1.807) is 6.07 Å². The molecule has 0 bridgehead atoms. The first-order valence-corrected chi connectivity index (χ1v) is 11.6. The minimum Gasteiger partial charge on any atom is -0.344 e. The van der Waals surface area contributed by atoms with Crippen LogP contribution in [0.15, 0.2) is 78.5 Å². The van der Waals surface area contributed by atoms with Crippen LogP contribution < -0.4 is 10.2 Å². The average Bonchev–Trinajstić information content (AvgIpc) is 3.54. The Morgan fingerprint density at radius 2 is 1.64 bits per heavy atom. The van der Waals surface area contributed by atoms with Crippen molar-refractivity contribution in [2.45, 2.75) is 25.9 Å². The minimum absolute atomic E-state index is 0.129. The first-order valence-electron chi connectivity index (χ1n) is 10.8. The number of amides is 1. The molecule has 166 valence electrons. The highest BCUT2D eigenvalue weighted by molar-refractivity contribution is 6.33. The molecular formula is C27H22Cl2N2O2. The zero-order valence-electron chi connectivity index (χ0n) is 18.0. The van der Waals surface area contributed by atoms with Gasteiger partial charge in [-0.1, -0.05) is 71.7 Å². The summed E-state index contributed by atoms with van der Waals surface area (Å²) in [4.78, 5) is 28.0. The van der Waals surface area contributed by atoms with Gasteiger partial charge in [0.1, 0.15) is 5.78 Å². The molecule has 3 aromatic carbocycles. The summed E-state index contributed by atoms with van der Waals surface area (Å²) in [5.41, 5.74) is 4.82. The molecule has 0 radical (unpaired) electrons. The van der Waals surface area contributed by atoms with Crippen molar-refractivity contribution in [1.82, 2.24) is 5.32 Å². The number of nitrogens with zero attached hydrogens (tertiary/aromatic N) is 1. The lowest BCUT2D eigenvalue weighted by Crippen LogP contribution is -2.36. The lowest BCUT2D eigenvalue weighted by molar-refractivity contribution is -0.116. The maximum atomic E-state index is 13.8. The van der Waals surface area contributed by atoms with Gasteiger partial charge in [-0.2, -0.15) is 0 Å². The summed E-state index contributed by atoms with van der Waals surface area (Å²) in [6.45, 7) is 2.51. The number of fused-ring (bicyclic) bond motifs is 1. The molecule has 1 amide bonds. The maximum Gasteiger partial charge on any atom is 0.254 e. The van der Waals surface area contributed by atoms with Gasteiger partial charge in [0.25, 0.3) is 5.91 Å². The number of hydrogen-bond acceptors (Lipinski definition) is 3. The van der Waals surface area contributed by atoms with Crippen molar-refractivity contribution in [1.29, 1.82) is 0 Å². The van der Waals surface area contributed by atoms with Crippen LogP contribution in [0, 0.1) is 5.92 Å². The Labute approximate surface area is 202 Å². The highest BCUT2D eigenvalue weighted by Crippen LogP contribution is 2.42. The number of hydrogen-bond donors (Lipinski definition) is 1. The molecule has 0 saturated heterocycles. The molecule has 6 heteroatoms. The van der Waals surface area contributed by atoms with E-state index < -0.39 is 6.04 Å². The van der Waals surface area contributed by atoms with E-state index in [9.17, 15) is 9.59 Å². The highest BCUT2D eigenvalue weighted by atomic mass is 35.5. The van der Waals surface area contributed by atoms with E-state index in [1.165, 1.54) is 0 Å². The molecule has 1 unspecified atom stereocenters. The summed E-state index contributed by atoms with van der Waals surface area (Å²) < 4.78 is 0. The quantitative estimate of drug-likeness (QED) is 0.477. The molecule has 0 spiro atoms. The van der Waals surface area contributed by atoms with Crippen LogP contribution in [-0.4, -0.2) is 11.7 Å². The van der Waals surface area contributed by atoms with Gasteiger partial charge in [0, 0.05) is 40.3 Å². The Hall–Kier alpha value is -3.08. The van der Waals surface area contributed by atoms with Gasteiger partial charge in [-0.15, -0.1) is 0 Å². The van der Waals surface area contributed by atoms with Crippen LogP contribution >= 0.6 is 23.2 Å². The summed E-state index contributed by atoms with van der Waals surface area (Å²) in [5.74, 6) is -0.382. The average molecular weight is 477 g/mol. The van der Waals surface area contributed by atoms with Gasteiger partial charge in [-0.05, 0) is 47.9 Å². The molecule has 3 aromatic rings. The largest absolute Gasteiger partial charge is 0.344 e. The van der Waals surface area contributed by atoms with E-state index in [4.69, 9.17) is 23.2 Å². The number of carbonyl (C=O) groups is 2. The van der Waals surface area contributed by atoms with Crippen molar-refractivity contribution in [3.05, 3.63) is 105 Å². The monoisotopic (exact) mass is 476 g/mol. The fourth-order valence-corrected chi connectivity index (χ4v) is 5.02. The van der Waals surface area contributed by atoms with E-state index in [-0.39, 0.29) is 17.6 Å². The van der Waals surface area contributed by atoms with E-state index in [1.807, 2.05) is 73.7 Å². The third-order valence-corrected chi connectivity index (χ3v) is 7.07. The highest BCUT2D eigenvalue weighted by Gasteiger charge is 2.44. The van der Waals surface area contributed by atoms with Crippen molar-refractivity contribution < 1.29 is 9.59 Å². The predicted molar refractivity (Wildman–Crippen MR) is 132 cm³/mol. The van der Waals surface area contributed by atoms with E-state index in [2.05, 4.69) is 10.2 Å². The summed E-state index contributed by atoms with van der Waals surface area (Å²) in [7, 11) is 0. The molecule has 2 atom stereocenters. The molecule has 0 aromatic heterocycles. The summed E-state index contributed by atoms with van der Waals surface area (Å²) >= 11 is 13.0. The number of allylic oxidation sites excluding steroid dienone is 1. The molecular weight excluding hydrogens is 455 g/mol. The van der Waals surface area contributed by atoms with E-state index in [0.29, 0.717) is 28.6 Å². The number of nitrogens with one attached hydrogen (secondary N) is 1. The van der Waals surface area contributed by atoms with Crippen LogP contribution in [0.5, 0.6) is 0 Å². The van der Waals surface area contributed by atoms with Crippen LogP contribution in [0.2, 0.25) is 10.0 Å². The zero-order chi connectivity index (χ0) is 23.1. The lowest BCUT2D eigenvalue weighted by Gasteiger charge is -2.34. The fourth-order valence-electron chi connectivity index (χ4n) is 4.54. The molecule has 1 heterocycles. The lowest BCUT2D eigenvalue weighted by atomic mass is 9.91. The van der Waals surface area contributed by atoms with Gasteiger partial charge in [0.15, 0.2) is 0 Å². The van der Waals surface area contributed by atoms with Gasteiger partial charge < -0.3 is 10.2 Å². The van der Waals surface area contributed by atoms with Crippen LogP contribution in [0.3, 0.4) is 0 Å². The maximum absolute atomic E-state index is 13.8. The molecule has 1 aliphatic carbocycles. The number of ketones is 1. The number of Topliss-reactive ketones (excluding diaryl/α,β-unsaturated/α-hetero) is 1. The first-order chi connectivity index (χ1) is 16.0. The Balaban J connectivity index is 1.58. The molecule has 5 rings (SSSR count). The molecule has 1 saturated carbocycles. The summed E-state index contributed by atoms with van der Waals surface area (Å²) in [6.07, 6.45) is 0.437. The molecule has 4 nitrogen and oxygen atoms in total. The number of anilines is 1. The Morgan fingerprint density at radius 1 is 0.970 bits per heavy atom. The molecule has 1 N–H and O–H groups in total. The fraction of sp³-hybridized carbons (Fsp3) is 0.185. The second-order valence-electron chi connectivity index (χ2n) is 8.40. The molecule has 1 aliphatic heterocycles. The van der Waals surface area contributed by atoms with E-state index in [0.717, 1.165) is 28.1 Å². The number of rotatable bonds is 5. The van der Waals surface area contributed by atoms with Crippen molar-refractivity contribution in [2.75, 3.05) is 4.90 Å². The van der Waals surface area contributed by atoms with Gasteiger partial charge >= 0.3 is 0 Å². The zero-order valence-corrected chi connectivity index (χ0v) is 19.5. The van der Waals surface area contributed by atoms with Gasteiger partial charge in [0.2, 0.25) is 0 Å². The Morgan fingerprint density at radius 3 is 2.33 bits per heavy atom. The van der Waals surface area contributed by atoms with Crippen molar-refractivity contribution in [3.63, 3.8) is 0 Å². The summed E-state index contributed by atoms with van der Waals surface area (Å²) in [5, 5.41) is 4.28. The number of para-hydroxylation sites is 1. The SMILES string of the molecule is CC1=C(C(=O)N[C@H](c2ccccc2Cl)C2CC2=O)c2cccc(Cl)c2CN1c1ccccc1. The predicted octanol–water partition coefficient (Wildman–Crippen LogP) is 6.19. The van der Waals surface area contributed by atoms with Crippen LogP contribution in [0.25, 0.3) is 5.57 Å². The number of halogens is 2. The van der Waals surface area contributed by atoms with Crippen LogP contribution in [0.4, 0.5) is 5.69 Å². The van der Waals surface area contributed by atoms with Crippen LogP contribution in [0.1, 0.15) is 36.1 Å². The Kier molecular flexibility index (Phi) is 5.73. The third kappa shape index (κ3) is 4.05. The van der Waals surface area contributed by atoms with Gasteiger partial charge in [-0.25, -0.2) is 0 Å².